The van der Waals surface area contributed by atoms with Crippen molar-refractivity contribution < 1.29 is 4.79 Å². The quantitative estimate of drug-likeness (QED) is 0.162. The van der Waals surface area contributed by atoms with Crippen LogP contribution < -0.4 is 40.1 Å². The number of carbonyl (C=O) groups excluding carboxylic acids is 1. The number of carbonyl (C=O) groups is 1. The minimum Gasteiger partial charge on any atom is -0.370 e. The minimum absolute atomic E-state index is 0.0417. The summed E-state index contributed by atoms with van der Waals surface area (Å²) in [5, 5.41) is 6.06. The highest BCUT2D eigenvalue weighted by molar-refractivity contribution is 5.71. The zero-order chi connectivity index (χ0) is 18.7. The first-order chi connectivity index (χ1) is 10.8. The number of nitrogens with zero attached hydrogens (tertiary/aromatic N) is 3. The molecule has 15 N–H and O–H groups in total. The molecule has 0 aliphatic heterocycles. The van der Waals surface area contributed by atoms with E-state index >= 15 is 0 Å². The molecule has 0 unspecified atom stereocenters. The van der Waals surface area contributed by atoms with E-state index in [-0.39, 0.29) is 23.8 Å². The highest BCUT2D eigenvalue weighted by Gasteiger charge is 1.93. The first-order valence-corrected chi connectivity index (χ1v) is 6.64. The van der Waals surface area contributed by atoms with Crippen LogP contribution in [0.1, 0.15) is 25.7 Å². The molecule has 0 radical (unpaired) electrons. The van der Waals surface area contributed by atoms with Gasteiger partial charge >= 0.3 is 0 Å². The fourth-order valence-electron chi connectivity index (χ4n) is 1.07. The molecule has 0 atom stereocenters. The Bertz CT molecular complexity index is 341. The van der Waals surface area contributed by atoms with E-state index in [1.54, 1.807) is 0 Å². The molecule has 0 spiro atoms. The Morgan fingerprint density at radius 1 is 0.783 bits per heavy atom. The lowest BCUT2D eigenvalue weighted by Gasteiger charge is -1.94. The second-order valence-corrected chi connectivity index (χ2v) is 3.86. The lowest BCUT2D eigenvalue weighted by molar-refractivity contribution is -0.0979. The third-order valence-electron chi connectivity index (χ3n) is 1.85. The molecule has 0 aliphatic carbocycles. The van der Waals surface area contributed by atoms with Crippen molar-refractivity contribution in [3.63, 3.8) is 0 Å². The summed E-state index contributed by atoms with van der Waals surface area (Å²) in [4.78, 5) is 18.5. The average molecular weight is 331 g/mol. The topological polar surface area (TPSA) is 262 Å². The Hall–Kier alpha value is -2.73. The van der Waals surface area contributed by atoms with E-state index in [0.29, 0.717) is 0 Å². The van der Waals surface area contributed by atoms with Gasteiger partial charge in [0.2, 0.25) is 17.8 Å². The Labute approximate surface area is 135 Å². The number of nitrogen functional groups attached to an aromatic ring is 3. The van der Waals surface area contributed by atoms with E-state index in [2.05, 4.69) is 26.4 Å². The first-order valence-electron chi connectivity index (χ1n) is 6.64. The number of hydrogen-bond acceptors (Lipinski definition) is 10. The standard InChI is InChI=1S/C6H16N2.C3H6N6.CH5N3.CH2O/c7-5-3-1-2-4-6-8;4-1-7-2(5)9-3(6)8-1;2-1(3)4;1-2/h1-8H2;(H6,4,5,6,7,8,9);(H5,2,3,4);1H2. The van der Waals surface area contributed by atoms with Crippen LogP contribution in [0.4, 0.5) is 17.8 Å². The fraction of sp³-hybridized carbons (Fsp3) is 0.545. The van der Waals surface area contributed by atoms with Gasteiger partial charge in [0, 0.05) is 0 Å². The van der Waals surface area contributed by atoms with E-state index in [4.69, 9.17) is 38.9 Å². The molecular weight excluding hydrogens is 302 g/mol. The second-order valence-electron chi connectivity index (χ2n) is 3.86. The predicted octanol–water partition coefficient (Wildman–Crippen LogP) is -2.26. The average Bonchev–Trinajstić information content (AvgIpc) is 2.44. The van der Waals surface area contributed by atoms with Crippen molar-refractivity contribution in [2.45, 2.75) is 25.7 Å². The SMILES string of the molecule is C=O.N=C(N)N.NCCCCCCN.Nc1nc(N)nc(N)n1. The van der Waals surface area contributed by atoms with Crippen LogP contribution in [0.3, 0.4) is 0 Å². The molecule has 23 heavy (non-hydrogen) atoms. The summed E-state index contributed by atoms with van der Waals surface area (Å²) in [6.07, 6.45) is 4.79. The van der Waals surface area contributed by atoms with E-state index in [1.807, 2.05) is 6.79 Å². The number of guanidine groups is 1. The molecule has 12 nitrogen and oxygen atoms in total. The van der Waals surface area contributed by atoms with Gasteiger partial charge in [0.1, 0.15) is 6.79 Å². The number of anilines is 3. The third kappa shape index (κ3) is 28.2. The largest absolute Gasteiger partial charge is 0.370 e. The van der Waals surface area contributed by atoms with Gasteiger partial charge in [-0.3, -0.25) is 5.41 Å². The molecule has 0 bridgehead atoms. The van der Waals surface area contributed by atoms with E-state index in [1.165, 1.54) is 12.8 Å². The summed E-state index contributed by atoms with van der Waals surface area (Å²) >= 11 is 0. The van der Waals surface area contributed by atoms with Crippen LogP contribution in [0.15, 0.2) is 0 Å². The maximum atomic E-state index is 8.00. The molecule has 1 aromatic heterocycles. The molecule has 134 valence electrons. The van der Waals surface area contributed by atoms with Gasteiger partial charge in [-0.2, -0.15) is 15.0 Å². The van der Waals surface area contributed by atoms with Crippen molar-refractivity contribution in [2.75, 3.05) is 30.3 Å². The van der Waals surface area contributed by atoms with Crippen molar-refractivity contribution in [1.29, 1.82) is 5.41 Å². The van der Waals surface area contributed by atoms with Gasteiger partial charge < -0.3 is 44.9 Å². The van der Waals surface area contributed by atoms with E-state index in [0.717, 1.165) is 25.9 Å². The summed E-state index contributed by atoms with van der Waals surface area (Å²) in [5.74, 6) is -0.208. The van der Waals surface area contributed by atoms with Gasteiger partial charge in [-0.25, -0.2) is 0 Å². The lowest BCUT2D eigenvalue weighted by Crippen LogP contribution is -2.20. The van der Waals surface area contributed by atoms with Gasteiger partial charge in [-0.1, -0.05) is 12.8 Å². The second kappa shape index (κ2) is 19.3. The molecule has 12 heteroatoms. The smallest absolute Gasteiger partial charge is 0.226 e. The number of hydrogen-bond donors (Lipinski definition) is 8. The number of aromatic nitrogens is 3. The van der Waals surface area contributed by atoms with Crippen molar-refractivity contribution in [2.24, 2.45) is 22.9 Å². The monoisotopic (exact) mass is 331 g/mol. The molecule has 0 saturated heterocycles. The zero-order valence-electron chi connectivity index (χ0n) is 13.2. The molecule has 1 rings (SSSR count). The fourth-order valence-corrected chi connectivity index (χ4v) is 1.07. The van der Waals surface area contributed by atoms with Gasteiger partial charge in [0.15, 0.2) is 5.96 Å². The molecule has 0 aliphatic rings. The minimum atomic E-state index is -0.333. The van der Waals surface area contributed by atoms with Crippen LogP contribution in [-0.4, -0.2) is 40.8 Å². The van der Waals surface area contributed by atoms with Crippen LogP contribution in [0, 0.1) is 5.41 Å². The van der Waals surface area contributed by atoms with Crippen molar-refractivity contribution in [3.05, 3.63) is 0 Å². The molecule has 0 saturated carbocycles. The van der Waals surface area contributed by atoms with Crippen molar-refractivity contribution in [1.82, 2.24) is 15.0 Å². The summed E-state index contributed by atoms with van der Waals surface area (Å²) in [5.41, 5.74) is 34.9. The van der Waals surface area contributed by atoms with Gasteiger partial charge in [-0.05, 0) is 25.9 Å². The summed E-state index contributed by atoms with van der Waals surface area (Å²) < 4.78 is 0. The molecule has 0 fully saturated rings. The van der Waals surface area contributed by atoms with E-state index < -0.39 is 0 Å². The predicted molar refractivity (Wildman–Crippen MR) is 92.9 cm³/mol. The van der Waals surface area contributed by atoms with Crippen LogP contribution in [0.2, 0.25) is 0 Å². The Balaban J connectivity index is -0.000000263. The maximum absolute atomic E-state index is 8.00. The van der Waals surface area contributed by atoms with Crippen LogP contribution in [0.25, 0.3) is 0 Å². The number of unbranched alkanes of at least 4 members (excludes halogenated alkanes) is 3. The summed E-state index contributed by atoms with van der Waals surface area (Å²) in [6, 6.07) is 0. The van der Waals surface area contributed by atoms with Gasteiger partial charge in [0.05, 0.1) is 0 Å². The Morgan fingerprint density at radius 3 is 1.17 bits per heavy atom. The summed E-state index contributed by atoms with van der Waals surface area (Å²) in [6.45, 7) is 3.65. The number of nitrogens with one attached hydrogen (secondary N) is 1. The van der Waals surface area contributed by atoms with Crippen LogP contribution >= 0.6 is 0 Å². The highest BCUT2D eigenvalue weighted by Crippen LogP contribution is 1.97. The number of nitrogens with two attached hydrogens (primary N) is 7. The van der Waals surface area contributed by atoms with Crippen molar-refractivity contribution in [3.8, 4) is 0 Å². The van der Waals surface area contributed by atoms with Gasteiger partial charge in [0.25, 0.3) is 0 Å². The maximum Gasteiger partial charge on any atom is 0.226 e. The molecule has 0 aromatic carbocycles. The highest BCUT2D eigenvalue weighted by atomic mass is 16.1. The van der Waals surface area contributed by atoms with Gasteiger partial charge in [-0.15, -0.1) is 0 Å². The van der Waals surface area contributed by atoms with Crippen LogP contribution in [0.5, 0.6) is 0 Å². The van der Waals surface area contributed by atoms with Crippen LogP contribution in [-0.2, 0) is 4.79 Å². The Kier molecular flexibility index (Phi) is 21.1. The van der Waals surface area contributed by atoms with E-state index in [9.17, 15) is 0 Å². The normalized spacial score (nSPS) is 8.26. The zero-order valence-corrected chi connectivity index (χ0v) is 13.2. The Morgan fingerprint density at radius 2 is 1.00 bits per heavy atom. The van der Waals surface area contributed by atoms with Crippen molar-refractivity contribution >= 4 is 30.6 Å². The summed E-state index contributed by atoms with van der Waals surface area (Å²) in [7, 11) is 0. The molecule has 0 amide bonds. The molecular formula is C11H29N11O. The molecule has 1 aromatic rings. The molecule has 1 heterocycles. The third-order valence-corrected chi connectivity index (χ3v) is 1.85. The first kappa shape index (κ1) is 25.2. The number of rotatable bonds is 5. The lowest BCUT2D eigenvalue weighted by atomic mass is 10.2.